The number of amidine groups is 1. The molecular weight excluding hydrogens is 316 g/mol. The van der Waals surface area contributed by atoms with Gasteiger partial charge < -0.3 is 4.90 Å². The number of rotatable bonds is 4. The van der Waals surface area contributed by atoms with Crippen LogP contribution in [-0.2, 0) is 0 Å². The predicted octanol–water partition coefficient (Wildman–Crippen LogP) is 4.79. The maximum Gasteiger partial charge on any atom is 0.398 e. The minimum Gasteiger partial charge on any atom is -0.366 e. The van der Waals surface area contributed by atoms with Crippen molar-refractivity contribution in [2.45, 2.75) is 30.8 Å². The van der Waals surface area contributed by atoms with E-state index in [9.17, 15) is 17.6 Å². The lowest BCUT2D eigenvalue weighted by Crippen LogP contribution is -2.23. The highest BCUT2D eigenvalue weighted by atomic mass is 32.2. The summed E-state index contributed by atoms with van der Waals surface area (Å²) in [5.74, 6) is -0.406. The van der Waals surface area contributed by atoms with E-state index in [1.807, 2.05) is 19.0 Å². The van der Waals surface area contributed by atoms with Crippen molar-refractivity contribution in [1.82, 2.24) is 4.90 Å². The summed E-state index contributed by atoms with van der Waals surface area (Å²) in [5, 5.41) is 0. The Morgan fingerprint density at radius 2 is 1.95 bits per heavy atom. The zero-order valence-corrected chi connectivity index (χ0v) is 13.5. The fraction of sp³-hybridized carbons (Fsp3) is 0.533. The average molecular weight is 334 g/mol. The van der Waals surface area contributed by atoms with E-state index in [1.54, 1.807) is 6.92 Å². The van der Waals surface area contributed by atoms with Crippen LogP contribution in [0.2, 0.25) is 0 Å². The fourth-order valence-corrected chi connectivity index (χ4v) is 2.86. The highest BCUT2D eigenvalue weighted by molar-refractivity contribution is 7.99. The molecule has 1 aliphatic rings. The van der Waals surface area contributed by atoms with Crippen molar-refractivity contribution in [1.29, 1.82) is 0 Å². The van der Waals surface area contributed by atoms with Crippen molar-refractivity contribution in [2.75, 3.05) is 19.8 Å². The number of aryl methyl sites for hydroxylation is 1. The minimum atomic E-state index is -4.25. The molecule has 122 valence electrons. The van der Waals surface area contributed by atoms with Gasteiger partial charge >= 0.3 is 6.18 Å². The number of benzene rings is 1. The Labute approximate surface area is 131 Å². The predicted molar refractivity (Wildman–Crippen MR) is 81.4 cm³/mol. The quantitative estimate of drug-likeness (QED) is 0.340. The van der Waals surface area contributed by atoms with Gasteiger partial charge in [-0.25, -0.2) is 9.38 Å². The van der Waals surface area contributed by atoms with Crippen LogP contribution in [0.1, 0.15) is 18.4 Å². The molecule has 0 aromatic heterocycles. The molecule has 0 heterocycles. The molecule has 0 radical (unpaired) electrons. The molecule has 1 aliphatic carbocycles. The number of hydrogen-bond donors (Lipinski definition) is 0. The number of thioether (sulfide) groups is 1. The van der Waals surface area contributed by atoms with Crippen LogP contribution in [0, 0.1) is 18.7 Å². The maximum absolute atomic E-state index is 14.1. The Balaban J connectivity index is 2.29. The fourth-order valence-electron chi connectivity index (χ4n) is 2.06. The van der Waals surface area contributed by atoms with Crippen molar-refractivity contribution in [3.05, 3.63) is 23.5 Å². The Kier molecular flexibility index (Phi) is 5.04. The van der Waals surface area contributed by atoms with E-state index in [0.29, 0.717) is 28.1 Å². The van der Waals surface area contributed by atoms with Crippen LogP contribution in [0.4, 0.5) is 23.2 Å². The van der Waals surface area contributed by atoms with Gasteiger partial charge in [-0.1, -0.05) is 0 Å². The number of alkyl halides is 3. The van der Waals surface area contributed by atoms with Gasteiger partial charge in [0, 0.05) is 24.9 Å². The normalized spacial score (nSPS) is 16.0. The van der Waals surface area contributed by atoms with Crippen LogP contribution in [0.5, 0.6) is 0 Å². The second-order valence-electron chi connectivity index (χ2n) is 5.61. The lowest BCUT2D eigenvalue weighted by atomic mass is 10.2. The molecule has 0 unspecified atom stereocenters. The molecule has 7 heteroatoms. The second-order valence-corrected chi connectivity index (χ2v) is 6.63. The monoisotopic (exact) mass is 334 g/mol. The van der Waals surface area contributed by atoms with Gasteiger partial charge in [-0.2, -0.15) is 13.2 Å². The van der Waals surface area contributed by atoms with E-state index in [-0.39, 0.29) is 5.69 Å². The van der Waals surface area contributed by atoms with Gasteiger partial charge in [-0.05, 0) is 37.5 Å². The summed E-state index contributed by atoms with van der Waals surface area (Å²) >= 11 is 0.662. The van der Waals surface area contributed by atoms with Gasteiger partial charge in [0.2, 0.25) is 0 Å². The topological polar surface area (TPSA) is 15.6 Å². The third-order valence-electron chi connectivity index (χ3n) is 3.27. The smallest absolute Gasteiger partial charge is 0.366 e. The molecule has 2 nitrogen and oxygen atoms in total. The lowest BCUT2D eigenvalue weighted by Gasteiger charge is -2.16. The second kappa shape index (κ2) is 6.48. The molecule has 2 rings (SSSR count). The largest absolute Gasteiger partial charge is 0.398 e. The summed E-state index contributed by atoms with van der Waals surface area (Å²) in [7, 11) is 3.67. The highest BCUT2D eigenvalue weighted by Gasteiger charge is 2.30. The molecular formula is C15H18F4N2S. The van der Waals surface area contributed by atoms with Gasteiger partial charge in [0.1, 0.15) is 17.3 Å². The summed E-state index contributed by atoms with van der Waals surface area (Å²) in [6.45, 7) is 1.60. The molecule has 0 N–H and O–H groups in total. The van der Waals surface area contributed by atoms with E-state index < -0.39 is 17.7 Å². The maximum atomic E-state index is 14.1. The number of halogens is 4. The molecule has 1 fully saturated rings. The zero-order valence-electron chi connectivity index (χ0n) is 12.7. The number of aliphatic imine (C=N–C) groups is 1. The van der Waals surface area contributed by atoms with Crippen LogP contribution in [-0.4, -0.2) is 36.8 Å². The highest BCUT2D eigenvalue weighted by Crippen LogP contribution is 2.36. The summed E-state index contributed by atoms with van der Waals surface area (Å²) in [6, 6.07) is 2.66. The summed E-state index contributed by atoms with van der Waals surface area (Å²) < 4.78 is 51.1. The van der Waals surface area contributed by atoms with Crippen molar-refractivity contribution in [2.24, 2.45) is 10.9 Å². The summed E-state index contributed by atoms with van der Waals surface area (Å²) in [4.78, 5) is 6.58. The molecule has 0 bridgehead atoms. The van der Waals surface area contributed by atoms with Crippen molar-refractivity contribution < 1.29 is 17.6 Å². The SMILES string of the molecule is Cc1cc(F)c(N=C(C2CC2)N(C)C)cc1SCC(F)(F)F. The lowest BCUT2D eigenvalue weighted by molar-refractivity contribution is -0.105. The molecule has 1 aromatic carbocycles. The van der Waals surface area contributed by atoms with E-state index in [1.165, 1.54) is 12.1 Å². The van der Waals surface area contributed by atoms with Crippen LogP contribution in [0.25, 0.3) is 0 Å². The van der Waals surface area contributed by atoms with Crippen molar-refractivity contribution in [3.63, 3.8) is 0 Å². The molecule has 0 spiro atoms. The van der Waals surface area contributed by atoms with E-state index in [4.69, 9.17) is 0 Å². The Morgan fingerprint density at radius 1 is 1.32 bits per heavy atom. The number of nitrogens with zero attached hydrogens (tertiary/aromatic N) is 2. The molecule has 22 heavy (non-hydrogen) atoms. The Hall–Kier alpha value is -1.24. The summed E-state index contributed by atoms with van der Waals surface area (Å²) in [6.07, 6.45) is -2.22. The van der Waals surface area contributed by atoms with Crippen LogP contribution < -0.4 is 0 Å². The third kappa shape index (κ3) is 4.63. The van der Waals surface area contributed by atoms with E-state index in [0.717, 1.165) is 18.7 Å². The van der Waals surface area contributed by atoms with E-state index in [2.05, 4.69) is 4.99 Å². The van der Waals surface area contributed by atoms with Gasteiger partial charge in [0.05, 0.1) is 5.75 Å². The Morgan fingerprint density at radius 3 is 2.45 bits per heavy atom. The van der Waals surface area contributed by atoms with Gasteiger partial charge in [0.15, 0.2) is 0 Å². The summed E-state index contributed by atoms with van der Waals surface area (Å²) in [5.41, 5.74) is 0.592. The average Bonchev–Trinajstić information content (AvgIpc) is 3.19. The zero-order chi connectivity index (χ0) is 16.5. The standard InChI is InChI=1S/C15H18F4N2S/c1-9-6-11(16)12(7-13(9)22-8-15(17,18)19)20-14(21(2)3)10-4-5-10/h6-7,10H,4-5,8H2,1-3H3. The first-order valence-corrected chi connectivity index (χ1v) is 7.91. The van der Waals surface area contributed by atoms with E-state index >= 15 is 0 Å². The van der Waals surface area contributed by atoms with Crippen molar-refractivity contribution in [3.8, 4) is 0 Å². The molecule has 0 atom stereocenters. The molecule has 1 aromatic rings. The first-order chi connectivity index (χ1) is 10.2. The molecule has 0 aliphatic heterocycles. The van der Waals surface area contributed by atoms with Gasteiger partial charge in [-0.15, -0.1) is 11.8 Å². The first-order valence-electron chi connectivity index (χ1n) is 6.93. The van der Waals surface area contributed by atoms with Gasteiger partial charge in [0.25, 0.3) is 0 Å². The first kappa shape index (κ1) is 17.1. The van der Waals surface area contributed by atoms with Crippen molar-refractivity contribution >= 4 is 23.3 Å². The number of hydrogen-bond acceptors (Lipinski definition) is 2. The molecule has 0 saturated heterocycles. The molecule has 0 amide bonds. The van der Waals surface area contributed by atoms with Crippen LogP contribution in [0.15, 0.2) is 22.0 Å². The van der Waals surface area contributed by atoms with Crippen LogP contribution >= 0.6 is 11.8 Å². The van der Waals surface area contributed by atoms with Crippen LogP contribution in [0.3, 0.4) is 0 Å². The van der Waals surface area contributed by atoms with Gasteiger partial charge in [-0.3, -0.25) is 0 Å². The third-order valence-corrected chi connectivity index (χ3v) is 4.49. The Bertz CT molecular complexity index is 574. The molecule has 1 saturated carbocycles. The minimum absolute atomic E-state index is 0.103.